The normalized spacial score (nSPS) is 22.6. The summed E-state index contributed by atoms with van der Waals surface area (Å²) in [7, 11) is 0. The largest absolute Gasteiger partial charge is 0.481 e. The van der Waals surface area contributed by atoms with Crippen LogP contribution in [0.25, 0.3) is 11.3 Å². The van der Waals surface area contributed by atoms with E-state index in [1.165, 1.54) is 0 Å². The summed E-state index contributed by atoms with van der Waals surface area (Å²) in [5.74, 6) is -0.523. The summed E-state index contributed by atoms with van der Waals surface area (Å²) in [5.41, 5.74) is 2.05. The fourth-order valence-electron chi connectivity index (χ4n) is 2.02. The van der Waals surface area contributed by atoms with Gasteiger partial charge in [0.2, 0.25) is 0 Å². The number of H-pyrrole nitrogens is 1. The lowest BCUT2D eigenvalue weighted by atomic mass is 10.2. The SMILES string of the molecule is O=C(O)C1CC1Cc1nc(-c2cc[nH]c2)cs1. The summed E-state index contributed by atoms with van der Waals surface area (Å²) in [6, 6.07) is 1.98. The minimum atomic E-state index is -0.669. The fraction of sp³-hybridized carbons (Fsp3) is 0.333. The Morgan fingerprint density at radius 1 is 1.65 bits per heavy atom. The Bertz CT molecular complexity index is 532. The molecule has 0 radical (unpaired) electrons. The summed E-state index contributed by atoms with van der Waals surface area (Å²) in [4.78, 5) is 18.3. The summed E-state index contributed by atoms with van der Waals surface area (Å²) in [6.45, 7) is 0. The van der Waals surface area contributed by atoms with Gasteiger partial charge in [0, 0.05) is 29.8 Å². The van der Waals surface area contributed by atoms with Gasteiger partial charge in [0.05, 0.1) is 16.6 Å². The van der Waals surface area contributed by atoms with Crippen molar-refractivity contribution in [2.45, 2.75) is 12.8 Å². The van der Waals surface area contributed by atoms with Gasteiger partial charge in [-0.15, -0.1) is 11.3 Å². The van der Waals surface area contributed by atoms with E-state index >= 15 is 0 Å². The number of carbonyl (C=O) groups is 1. The second-order valence-electron chi connectivity index (χ2n) is 4.37. The van der Waals surface area contributed by atoms with Crippen LogP contribution in [0, 0.1) is 11.8 Å². The van der Waals surface area contributed by atoms with Crippen LogP contribution in [0.1, 0.15) is 11.4 Å². The number of hydrogen-bond acceptors (Lipinski definition) is 3. The first kappa shape index (κ1) is 10.5. The first-order valence-corrected chi connectivity index (χ1v) is 6.42. The number of carboxylic acids is 1. The van der Waals surface area contributed by atoms with E-state index in [4.69, 9.17) is 5.11 Å². The molecular weight excluding hydrogens is 236 g/mol. The third-order valence-corrected chi connectivity index (χ3v) is 3.99. The van der Waals surface area contributed by atoms with Crippen molar-refractivity contribution in [3.8, 4) is 11.3 Å². The maximum Gasteiger partial charge on any atom is 0.306 e. The van der Waals surface area contributed by atoms with Crippen molar-refractivity contribution in [3.63, 3.8) is 0 Å². The smallest absolute Gasteiger partial charge is 0.306 e. The molecule has 1 saturated carbocycles. The molecule has 0 saturated heterocycles. The van der Waals surface area contributed by atoms with Crippen LogP contribution in [0.15, 0.2) is 23.8 Å². The topological polar surface area (TPSA) is 66.0 Å². The fourth-order valence-corrected chi connectivity index (χ4v) is 2.92. The Morgan fingerprint density at radius 3 is 3.18 bits per heavy atom. The van der Waals surface area contributed by atoms with Gasteiger partial charge in [0.25, 0.3) is 0 Å². The van der Waals surface area contributed by atoms with E-state index in [0.29, 0.717) is 0 Å². The van der Waals surface area contributed by atoms with Crippen molar-refractivity contribution in [2.75, 3.05) is 0 Å². The van der Waals surface area contributed by atoms with E-state index in [0.717, 1.165) is 29.1 Å². The second-order valence-corrected chi connectivity index (χ2v) is 5.31. The molecule has 0 aliphatic heterocycles. The molecule has 0 amide bonds. The maximum absolute atomic E-state index is 10.7. The van der Waals surface area contributed by atoms with Crippen molar-refractivity contribution >= 4 is 17.3 Å². The summed E-state index contributed by atoms with van der Waals surface area (Å²) >= 11 is 1.61. The zero-order valence-electron chi connectivity index (χ0n) is 9.09. The van der Waals surface area contributed by atoms with Gasteiger partial charge in [-0.05, 0) is 18.4 Å². The number of aromatic amines is 1. The highest BCUT2D eigenvalue weighted by atomic mass is 32.1. The van der Waals surface area contributed by atoms with E-state index in [2.05, 4.69) is 9.97 Å². The monoisotopic (exact) mass is 248 g/mol. The Hall–Kier alpha value is -1.62. The van der Waals surface area contributed by atoms with Gasteiger partial charge in [-0.25, -0.2) is 4.98 Å². The zero-order chi connectivity index (χ0) is 11.8. The van der Waals surface area contributed by atoms with Crippen LogP contribution in [0.5, 0.6) is 0 Å². The predicted octanol–water partition coefficient (Wildman–Crippen LogP) is 2.40. The lowest BCUT2D eigenvalue weighted by molar-refractivity contribution is -0.138. The minimum Gasteiger partial charge on any atom is -0.481 e. The molecule has 0 aromatic carbocycles. The number of nitrogens with one attached hydrogen (secondary N) is 1. The first-order valence-electron chi connectivity index (χ1n) is 5.54. The van der Waals surface area contributed by atoms with E-state index < -0.39 is 5.97 Å². The van der Waals surface area contributed by atoms with E-state index in [9.17, 15) is 4.79 Å². The number of aliphatic carboxylic acids is 1. The Kier molecular flexibility index (Phi) is 2.48. The second kappa shape index (κ2) is 4.00. The molecule has 1 aliphatic carbocycles. The number of aromatic nitrogens is 2. The lowest BCUT2D eigenvalue weighted by Gasteiger charge is -1.93. The number of carboxylic acid groups (broad SMARTS) is 1. The molecule has 2 heterocycles. The number of rotatable bonds is 4. The highest BCUT2D eigenvalue weighted by Gasteiger charge is 2.43. The molecular formula is C12H12N2O2S. The van der Waals surface area contributed by atoms with Crippen LogP contribution in [0.4, 0.5) is 0 Å². The number of nitrogens with zero attached hydrogens (tertiary/aromatic N) is 1. The van der Waals surface area contributed by atoms with Crippen LogP contribution in [0.2, 0.25) is 0 Å². The summed E-state index contributed by atoms with van der Waals surface area (Å²) in [5, 5.41) is 11.9. The van der Waals surface area contributed by atoms with Crippen molar-refractivity contribution in [1.82, 2.24) is 9.97 Å². The summed E-state index contributed by atoms with van der Waals surface area (Å²) < 4.78 is 0. The van der Waals surface area contributed by atoms with Crippen molar-refractivity contribution in [2.24, 2.45) is 11.8 Å². The molecule has 3 rings (SSSR count). The molecule has 1 fully saturated rings. The van der Waals surface area contributed by atoms with Crippen molar-refractivity contribution in [3.05, 3.63) is 28.8 Å². The Balaban J connectivity index is 1.68. The van der Waals surface area contributed by atoms with Crippen molar-refractivity contribution in [1.29, 1.82) is 0 Å². The highest BCUT2D eigenvalue weighted by Crippen LogP contribution is 2.41. The van der Waals surface area contributed by atoms with Crippen LogP contribution in [0.3, 0.4) is 0 Å². The molecule has 0 spiro atoms. The van der Waals surface area contributed by atoms with Gasteiger partial charge in [0.1, 0.15) is 0 Å². The predicted molar refractivity (Wildman–Crippen MR) is 64.8 cm³/mol. The molecule has 2 atom stereocenters. The molecule has 4 nitrogen and oxygen atoms in total. The van der Waals surface area contributed by atoms with Gasteiger partial charge in [-0.1, -0.05) is 0 Å². The van der Waals surface area contributed by atoms with E-state index in [1.807, 2.05) is 23.8 Å². The minimum absolute atomic E-state index is 0.144. The third kappa shape index (κ3) is 2.10. The highest BCUT2D eigenvalue weighted by molar-refractivity contribution is 7.09. The van der Waals surface area contributed by atoms with Crippen LogP contribution in [-0.2, 0) is 11.2 Å². The van der Waals surface area contributed by atoms with Gasteiger partial charge in [-0.3, -0.25) is 4.79 Å². The third-order valence-electron chi connectivity index (χ3n) is 3.12. The van der Waals surface area contributed by atoms with E-state index in [-0.39, 0.29) is 11.8 Å². The number of hydrogen-bond donors (Lipinski definition) is 2. The van der Waals surface area contributed by atoms with Gasteiger partial charge >= 0.3 is 5.97 Å². The number of thiazole rings is 1. The Labute approximate surface area is 102 Å². The molecule has 17 heavy (non-hydrogen) atoms. The summed E-state index contributed by atoms with van der Waals surface area (Å²) in [6.07, 6.45) is 5.38. The van der Waals surface area contributed by atoms with Crippen LogP contribution < -0.4 is 0 Å². The molecule has 2 aromatic rings. The van der Waals surface area contributed by atoms with Gasteiger partial charge in [0.15, 0.2) is 0 Å². The molecule has 5 heteroatoms. The van der Waals surface area contributed by atoms with Gasteiger partial charge < -0.3 is 10.1 Å². The quantitative estimate of drug-likeness (QED) is 0.873. The Morgan fingerprint density at radius 2 is 2.53 bits per heavy atom. The zero-order valence-corrected chi connectivity index (χ0v) is 9.91. The lowest BCUT2D eigenvalue weighted by Crippen LogP contribution is -2.00. The first-order chi connectivity index (χ1) is 8.24. The van der Waals surface area contributed by atoms with E-state index in [1.54, 1.807) is 11.3 Å². The average Bonchev–Trinajstić information content (AvgIpc) is 2.74. The molecule has 0 bridgehead atoms. The molecule has 2 N–H and O–H groups in total. The van der Waals surface area contributed by atoms with Crippen LogP contribution in [-0.4, -0.2) is 21.0 Å². The molecule has 1 aliphatic rings. The van der Waals surface area contributed by atoms with Crippen LogP contribution >= 0.6 is 11.3 Å². The standard InChI is InChI=1S/C12H12N2O2S/c15-12(16)9-3-8(9)4-11-14-10(6-17-11)7-1-2-13-5-7/h1-2,5-6,8-9,13H,3-4H2,(H,15,16). The average molecular weight is 248 g/mol. The molecule has 2 aromatic heterocycles. The molecule has 88 valence electrons. The maximum atomic E-state index is 10.7. The van der Waals surface area contributed by atoms with Gasteiger partial charge in [-0.2, -0.15) is 0 Å². The molecule has 2 unspecified atom stereocenters. The van der Waals surface area contributed by atoms with Crippen molar-refractivity contribution < 1.29 is 9.90 Å².